The maximum Gasteiger partial charge on any atom is 0.246 e. The molecule has 0 spiro atoms. The van der Waals surface area contributed by atoms with E-state index in [2.05, 4.69) is 29.2 Å². The summed E-state index contributed by atoms with van der Waals surface area (Å²) in [6, 6.07) is 16.2. The summed E-state index contributed by atoms with van der Waals surface area (Å²) in [5.74, 6) is 2.27. The van der Waals surface area contributed by atoms with E-state index in [4.69, 9.17) is 4.52 Å². The number of thioether (sulfide) groups is 1. The predicted molar refractivity (Wildman–Crippen MR) is 108 cm³/mol. The number of rotatable bonds is 7. The first-order valence-corrected chi connectivity index (χ1v) is 9.94. The van der Waals surface area contributed by atoms with Crippen LogP contribution in [-0.2, 0) is 17.1 Å². The van der Waals surface area contributed by atoms with E-state index in [-0.39, 0.29) is 5.91 Å². The summed E-state index contributed by atoms with van der Waals surface area (Å²) in [6.07, 6.45) is 0. The number of nitrogens with zero attached hydrogens (tertiary/aromatic N) is 3. The quantitative estimate of drug-likeness (QED) is 0.612. The summed E-state index contributed by atoms with van der Waals surface area (Å²) in [5, 5.41) is 4.02. The van der Waals surface area contributed by atoms with Gasteiger partial charge in [-0.2, -0.15) is 4.98 Å². The summed E-state index contributed by atoms with van der Waals surface area (Å²) in [7, 11) is 1.76. The Balaban J connectivity index is 1.52. The molecule has 0 aliphatic carbocycles. The number of hydrogen-bond acceptors (Lipinski definition) is 5. The number of aryl methyl sites for hydroxylation is 2. The average molecular weight is 382 g/mol. The van der Waals surface area contributed by atoms with Gasteiger partial charge in [-0.25, -0.2) is 0 Å². The largest absolute Gasteiger partial charge is 0.337 e. The van der Waals surface area contributed by atoms with Crippen molar-refractivity contribution in [1.29, 1.82) is 0 Å². The first-order valence-electron chi connectivity index (χ1n) is 8.79. The minimum absolute atomic E-state index is 0.0453. The van der Waals surface area contributed by atoms with Gasteiger partial charge in [0, 0.05) is 18.4 Å². The van der Waals surface area contributed by atoms with Crippen LogP contribution in [-0.4, -0.2) is 33.7 Å². The SMILES string of the molecule is Cc1cccc(-c2noc(CN(C)C(=O)CSCc3ccccc3C)n2)c1. The molecule has 140 valence electrons. The molecule has 0 aliphatic rings. The van der Waals surface area contributed by atoms with Crippen molar-refractivity contribution in [3.8, 4) is 11.4 Å². The zero-order valence-corrected chi connectivity index (χ0v) is 16.6. The highest BCUT2D eigenvalue weighted by Gasteiger charge is 2.15. The Bertz CT molecular complexity index is 923. The monoisotopic (exact) mass is 381 g/mol. The summed E-state index contributed by atoms with van der Waals surface area (Å²) in [5.41, 5.74) is 4.56. The third-order valence-corrected chi connectivity index (χ3v) is 5.25. The number of carbonyl (C=O) groups is 1. The number of aromatic nitrogens is 2. The molecular weight excluding hydrogens is 358 g/mol. The highest BCUT2D eigenvalue weighted by Crippen LogP contribution is 2.18. The molecule has 0 bridgehead atoms. The van der Waals surface area contributed by atoms with E-state index < -0.39 is 0 Å². The van der Waals surface area contributed by atoms with Gasteiger partial charge in [-0.1, -0.05) is 53.2 Å². The fraction of sp³-hybridized carbons (Fsp3) is 0.286. The zero-order valence-electron chi connectivity index (χ0n) is 15.8. The molecule has 0 saturated carbocycles. The molecular formula is C21H23N3O2S. The maximum absolute atomic E-state index is 12.4. The van der Waals surface area contributed by atoms with Crippen molar-refractivity contribution in [1.82, 2.24) is 15.0 Å². The molecule has 1 heterocycles. The molecule has 1 amide bonds. The molecule has 2 aromatic carbocycles. The number of hydrogen-bond donors (Lipinski definition) is 0. The minimum atomic E-state index is 0.0453. The van der Waals surface area contributed by atoms with E-state index in [1.165, 1.54) is 11.1 Å². The number of carbonyl (C=O) groups excluding carboxylic acids is 1. The third-order valence-electron chi connectivity index (χ3n) is 4.29. The molecule has 0 N–H and O–H groups in total. The molecule has 0 fully saturated rings. The van der Waals surface area contributed by atoms with Crippen molar-refractivity contribution < 1.29 is 9.32 Å². The van der Waals surface area contributed by atoms with Crippen molar-refractivity contribution >= 4 is 17.7 Å². The molecule has 6 heteroatoms. The average Bonchev–Trinajstić information content (AvgIpc) is 3.11. The van der Waals surface area contributed by atoms with Crippen LogP contribution in [0.3, 0.4) is 0 Å². The molecule has 0 aliphatic heterocycles. The summed E-state index contributed by atoms with van der Waals surface area (Å²) >= 11 is 1.61. The lowest BCUT2D eigenvalue weighted by molar-refractivity contribution is -0.127. The molecule has 5 nitrogen and oxygen atoms in total. The highest BCUT2D eigenvalue weighted by molar-refractivity contribution is 7.99. The van der Waals surface area contributed by atoms with Gasteiger partial charge in [-0.3, -0.25) is 4.79 Å². The summed E-state index contributed by atoms with van der Waals surface area (Å²) in [6.45, 7) is 4.42. The molecule has 0 radical (unpaired) electrons. The smallest absolute Gasteiger partial charge is 0.246 e. The predicted octanol–water partition coefficient (Wildman–Crippen LogP) is 4.25. The van der Waals surface area contributed by atoms with Crippen LogP contribution in [0.15, 0.2) is 53.1 Å². The van der Waals surface area contributed by atoms with E-state index in [0.29, 0.717) is 24.0 Å². The van der Waals surface area contributed by atoms with Gasteiger partial charge in [0.2, 0.25) is 17.6 Å². The molecule has 0 unspecified atom stereocenters. The van der Waals surface area contributed by atoms with Crippen LogP contribution in [0.2, 0.25) is 0 Å². The normalized spacial score (nSPS) is 10.8. The van der Waals surface area contributed by atoms with Crippen molar-refractivity contribution in [3.05, 3.63) is 71.1 Å². The van der Waals surface area contributed by atoms with Gasteiger partial charge in [-0.15, -0.1) is 11.8 Å². The fourth-order valence-electron chi connectivity index (χ4n) is 2.64. The Morgan fingerprint density at radius 2 is 1.96 bits per heavy atom. The minimum Gasteiger partial charge on any atom is -0.337 e. The molecule has 1 aromatic heterocycles. The third kappa shape index (κ3) is 5.20. The first-order chi connectivity index (χ1) is 13.0. The fourth-order valence-corrected chi connectivity index (χ4v) is 3.68. The zero-order chi connectivity index (χ0) is 19.2. The first kappa shape index (κ1) is 19.2. The summed E-state index contributed by atoms with van der Waals surface area (Å²) in [4.78, 5) is 18.4. The van der Waals surface area contributed by atoms with Crippen LogP contribution in [0.1, 0.15) is 22.6 Å². The van der Waals surface area contributed by atoms with Crippen LogP contribution >= 0.6 is 11.8 Å². The number of benzene rings is 2. The van der Waals surface area contributed by atoms with Gasteiger partial charge >= 0.3 is 0 Å². The van der Waals surface area contributed by atoms with Gasteiger partial charge in [0.25, 0.3) is 0 Å². The highest BCUT2D eigenvalue weighted by atomic mass is 32.2. The van der Waals surface area contributed by atoms with E-state index in [1.807, 2.05) is 43.3 Å². The van der Waals surface area contributed by atoms with Crippen LogP contribution in [0.25, 0.3) is 11.4 Å². The van der Waals surface area contributed by atoms with Crippen LogP contribution in [0, 0.1) is 13.8 Å². The molecule has 3 rings (SSSR count). The number of amides is 1. The topological polar surface area (TPSA) is 59.2 Å². The van der Waals surface area contributed by atoms with Crippen LogP contribution in [0.4, 0.5) is 0 Å². The Morgan fingerprint density at radius 1 is 1.15 bits per heavy atom. The second-order valence-electron chi connectivity index (χ2n) is 6.55. The van der Waals surface area contributed by atoms with Crippen molar-refractivity contribution in [2.24, 2.45) is 0 Å². The van der Waals surface area contributed by atoms with Crippen molar-refractivity contribution in [3.63, 3.8) is 0 Å². The van der Waals surface area contributed by atoms with E-state index in [0.717, 1.165) is 16.9 Å². The van der Waals surface area contributed by atoms with Gasteiger partial charge in [0.1, 0.15) is 0 Å². The molecule has 0 atom stereocenters. The Morgan fingerprint density at radius 3 is 2.74 bits per heavy atom. The van der Waals surface area contributed by atoms with E-state index >= 15 is 0 Å². The second kappa shape index (κ2) is 8.86. The van der Waals surface area contributed by atoms with Crippen molar-refractivity contribution in [2.75, 3.05) is 12.8 Å². The van der Waals surface area contributed by atoms with Gasteiger partial charge in [-0.05, 0) is 31.0 Å². The molecule has 27 heavy (non-hydrogen) atoms. The van der Waals surface area contributed by atoms with Crippen molar-refractivity contribution in [2.45, 2.75) is 26.1 Å². The lowest BCUT2D eigenvalue weighted by Gasteiger charge is -2.14. The lowest BCUT2D eigenvalue weighted by Crippen LogP contribution is -2.28. The molecule has 3 aromatic rings. The van der Waals surface area contributed by atoms with Gasteiger partial charge < -0.3 is 9.42 Å². The Kier molecular flexibility index (Phi) is 6.29. The summed E-state index contributed by atoms with van der Waals surface area (Å²) < 4.78 is 5.31. The van der Waals surface area contributed by atoms with Crippen LogP contribution < -0.4 is 0 Å². The standard InChI is InChI=1S/C21H23N3O2S/c1-15-7-6-10-17(11-15)21-22-19(26-23-21)12-24(3)20(25)14-27-13-18-9-5-4-8-16(18)2/h4-11H,12-14H2,1-3H3. The second-order valence-corrected chi connectivity index (χ2v) is 7.54. The maximum atomic E-state index is 12.4. The molecule has 0 saturated heterocycles. The van der Waals surface area contributed by atoms with Crippen LogP contribution in [0.5, 0.6) is 0 Å². The van der Waals surface area contributed by atoms with E-state index in [9.17, 15) is 4.79 Å². The Hall–Kier alpha value is -2.60. The van der Waals surface area contributed by atoms with E-state index in [1.54, 1.807) is 23.7 Å². The van der Waals surface area contributed by atoms with Gasteiger partial charge in [0.05, 0.1) is 12.3 Å². The lowest BCUT2D eigenvalue weighted by atomic mass is 10.1. The van der Waals surface area contributed by atoms with Gasteiger partial charge in [0.15, 0.2) is 0 Å². The Labute approximate surface area is 163 Å².